The maximum absolute atomic E-state index is 3.93. The van der Waals surface area contributed by atoms with Crippen molar-refractivity contribution in [3.8, 4) is 5.69 Å². The minimum atomic E-state index is 0.632. The summed E-state index contributed by atoms with van der Waals surface area (Å²) in [6, 6.07) is 6.98. The smallest absolute Gasteiger partial charge is 0.143 e. The molecular formula is C14H19N5. The molecule has 0 radical (unpaired) electrons. The quantitative estimate of drug-likeness (QED) is 0.918. The Kier molecular flexibility index (Phi) is 3.44. The first-order valence-electron chi connectivity index (χ1n) is 6.93. The van der Waals surface area contributed by atoms with Crippen molar-refractivity contribution in [1.82, 2.24) is 20.2 Å². The first kappa shape index (κ1) is 12.1. The Balaban J connectivity index is 1.75. The van der Waals surface area contributed by atoms with E-state index >= 15 is 0 Å². The molecule has 1 aromatic carbocycles. The third-order valence-electron chi connectivity index (χ3n) is 3.77. The highest BCUT2D eigenvalue weighted by Crippen LogP contribution is 2.23. The van der Waals surface area contributed by atoms with Crippen molar-refractivity contribution in [3.63, 3.8) is 0 Å². The van der Waals surface area contributed by atoms with Crippen molar-refractivity contribution in [1.29, 1.82) is 0 Å². The van der Waals surface area contributed by atoms with Gasteiger partial charge in [-0.2, -0.15) is 0 Å². The molecule has 100 valence electrons. The third-order valence-corrected chi connectivity index (χ3v) is 3.77. The average molecular weight is 257 g/mol. The lowest BCUT2D eigenvalue weighted by Gasteiger charge is -2.24. The minimum Gasteiger partial charge on any atom is -0.382 e. The van der Waals surface area contributed by atoms with Crippen molar-refractivity contribution in [3.05, 3.63) is 30.1 Å². The van der Waals surface area contributed by atoms with E-state index in [1.807, 2.05) is 0 Å². The van der Waals surface area contributed by atoms with Gasteiger partial charge in [-0.15, -0.1) is 5.10 Å². The molecule has 19 heavy (non-hydrogen) atoms. The van der Waals surface area contributed by atoms with Crippen LogP contribution < -0.4 is 5.32 Å². The Hall–Kier alpha value is -1.91. The van der Waals surface area contributed by atoms with Gasteiger partial charge in [0, 0.05) is 11.7 Å². The first-order valence-corrected chi connectivity index (χ1v) is 6.93. The van der Waals surface area contributed by atoms with Crippen LogP contribution in [0.4, 0.5) is 5.69 Å². The number of aryl methyl sites for hydroxylation is 1. The van der Waals surface area contributed by atoms with Gasteiger partial charge in [0.1, 0.15) is 6.33 Å². The molecule has 0 saturated heterocycles. The van der Waals surface area contributed by atoms with Gasteiger partial charge >= 0.3 is 0 Å². The molecule has 2 aromatic rings. The summed E-state index contributed by atoms with van der Waals surface area (Å²) in [6.07, 6.45) is 8.27. The number of rotatable bonds is 3. The number of hydrogen-bond acceptors (Lipinski definition) is 4. The summed E-state index contributed by atoms with van der Waals surface area (Å²) in [6.45, 7) is 2.09. The Bertz CT molecular complexity index is 529. The van der Waals surface area contributed by atoms with E-state index in [-0.39, 0.29) is 0 Å². The van der Waals surface area contributed by atoms with Crippen LogP contribution in [-0.2, 0) is 0 Å². The molecule has 0 unspecified atom stereocenters. The average Bonchev–Trinajstić information content (AvgIpc) is 2.94. The van der Waals surface area contributed by atoms with E-state index in [1.54, 1.807) is 11.0 Å². The molecular weight excluding hydrogens is 238 g/mol. The topological polar surface area (TPSA) is 55.6 Å². The summed E-state index contributed by atoms with van der Waals surface area (Å²) in [5, 5.41) is 14.9. The van der Waals surface area contributed by atoms with E-state index in [1.165, 1.54) is 43.4 Å². The van der Waals surface area contributed by atoms with Crippen LogP contribution in [0.25, 0.3) is 5.69 Å². The lowest BCUT2D eigenvalue weighted by Crippen LogP contribution is -2.22. The number of hydrogen-bond donors (Lipinski definition) is 1. The Morgan fingerprint density at radius 1 is 1.21 bits per heavy atom. The molecule has 0 bridgehead atoms. The van der Waals surface area contributed by atoms with Crippen molar-refractivity contribution < 1.29 is 0 Å². The molecule has 0 spiro atoms. The standard InChI is InChI=1S/C14H19N5/c1-11-9-13(16-12-5-3-2-4-6-12)7-8-14(11)19-10-15-17-18-19/h7-10,12,16H,2-6H2,1H3. The molecule has 0 amide bonds. The Labute approximate surface area is 113 Å². The molecule has 1 aliphatic rings. The fraction of sp³-hybridized carbons (Fsp3) is 0.500. The molecule has 1 saturated carbocycles. The number of benzene rings is 1. The zero-order chi connectivity index (χ0) is 13.1. The zero-order valence-electron chi connectivity index (χ0n) is 11.2. The third kappa shape index (κ3) is 2.75. The fourth-order valence-electron chi connectivity index (χ4n) is 2.76. The zero-order valence-corrected chi connectivity index (χ0v) is 11.2. The van der Waals surface area contributed by atoms with Gasteiger partial charge in [0.05, 0.1) is 5.69 Å². The summed E-state index contributed by atoms with van der Waals surface area (Å²) < 4.78 is 1.69. The summed E-state index contributed by atoms with van der Waals surface area (Å²) in [7, 11) is 0. The Morgan fingerprint density at radius 3 is 2.74 bits per heavy atom. The van der Waals surface area contributed by atoms with Crippen LogP contribution in [0.15, 0.2) is 24.5 Å². The van der Waals surface area contributed by atoms with E-state index in [2.05, 4.69) is 46.0 Å². The highest BCUT2D eigenvalue weighted by molar-refractivity contribution is 5.53. The van der Waals surface area contributed by atoms with Crippen LogP contribution in [0.5, 0.6) is 0 Å². The monoisotopic (exact) mass is 257 g/mol. The fourth-order valence-corrected chi connectivity index (χ4v) is 2.76. The van der Waals surface area contributed by atoms with Gasteiger partial charge in [0.2, 0.25) is 0 Å². The second-order valence-corrected chi connectivity index (χ2v) is 5.23. The molecule has 1 heterocycles. The van der Waals surface area contributed by atoms with Gasteiger partial charge < -0.3 is 5.32 Å². The van der Waals surface area contributed by atoms with Gasteiger partial charge in [-0.1, -0.05) is 19.3 Å². The van der Waals surface area contributed by atoms with Crippen molar-refractivity contribution in [2.45, 2.75) is 45.1 Å². The van der Waals surface area contributed by atoms with Crippen LogP contribution in [0.1, 0.15) is 37.7 Å². The molecule has 1 aromatic heterocycles. The van der Waals surface area contributed by atoms with Crippen molar-refractivity contribution in [2.75, 3.05) is 5.32 Å². The number of tetrazole rings is 1. The highest BCUT2D eigenvalue weighted by atomic mass is 15.5. The van der Waals surface area contributed by atoms with Gasteiger partial charge in [-0.05, 0) is 54.0 Å². The minimum absolute atomic E-state index is 0.632. The van der Waals surface area contributed by atoms with Crippen LogP contribution in [0, 0.1) is 6.92 Å². The lowest BCUT2D eigenvalue weighted by atomic mass is 9.95. The molecule has 0 aliphatic heterocycles. The maximum Gasteiger partial charge on any atom is 0.143 e. The predicted molar refractivity (Wildman–Crippen MR) is 74.4 cm³/mol. The van der Waals surface area contributed by atoms with Crippen LogP contribution >= 0.6 is 0 Å². The van der Waals surface area contributed by atoms with Crippen LogP contribution in [0.2, 0.25) is 0 Å². The maximum atomic E-state index is 3.93. The SMILES string of the molecule is Cc1cc(NC2CCCCC2)ccc1-n1cnnn1. The van der Waals surface area contributed by atoms with Gasteiger partial charge in [-0.25, -0.2) is 4.68 Å². The van der Waals surface area contributed by atoms with Gasteiger partial charge in [0.25, 0.3) is 0 Å². The molecule has 5 nitrogen and oxygen atoms in total. The van der Waals surface area contributed by atoms with Crippen LogP contribution in [-0.4, -0.2) is 26.2 Å². The molecule has 1 N–H and O–H groups in total. The van der Waals surface area contributed by atoms with Gasteiger partial charge in [0.15, 0.2) is 0 Å². The normalized spacial score (nSPS) is 16.5. The summed E-state index contributed by atoms with van der Waals surface area (Å²) in [4.78, 5) is 0. The van der Waals surface area contributed by atoms with Gasteiger partial charge in [-0.3, -0.25) is 0 Å². The van der Waals surface area contributed by atoms with Crippen LogP contribution in [0.3, 0.4) is 0 Å². The van der Waals surface area contributed by atoms with E-state index < -0.39 is 0 Å². The number of nitrogens with zero attached hydrogens (tertiary/aromatic N) is 4. The van der Waals surface area contributed by atoms with E-state index in [0.29, 0.717) is 6.04 Å². The number of aromatic nitrogens is 4. The molecule has 1 fully saturated rings. The second-order valence-electron chi connectivity index (χ2n) is 5.23. The van der Waals surface area contributed by atoms with Crippen molar-refractivity contribution in [2.24, 2.45) is 0 Å². The van der Waals surface area contributed by atoms with Crippen molar-refractivity contribution >= 4 is 5.69 Å². The molecule has 0 atom stereocenters. The summed E-state index contributed by atoms with van der Waals surface area (Å²) in [5.41, 5.74) is 3.40. The summed E-state index contributed by atoms with van der Waals surface area (Å²) >= 11 is 0. The molecule has 1 aliphatic carbocycles. The predicted octanol–water partition coefficient (Wildman–Crippen LogP) is 2.72. The highest BCUT2D eigenvalue weighted by Gasteiger charge is 2.13. The largest absolute Gasteiger partial charge is 0.382 e. The first-order chi connectivity index (χ1) is 9.33. The number of nitrogens with one attached hydrogen (secondary N) is 1. The van der Waals surface area contributed by atoms with E-state index in [4.69, 9.17) is 0 Å². The molecule has 5 heteroatoms. The lowest BCUT2D eigenvalue weighted by molar-refractivity contribution is 0.463. The van der Waals surface area contributed by atoms with E-state index in [0.717, 1.165) is 5.69 Å². The molecule has 3 rings (SSSR count). The number of anilines is 1. The Morgan fingerprint density at radius 2 is 2.05 bits per heavy atom. The second kappa shape index (κ2) is 5.38. The van der Waals surface area contributed by atoms with E-state index in [9.17, 15) is 0 Å². The summed E-state index contributed by atoms with van der Waals surface area (Å²) in [5.74, 6) is 0.